The van der Waals surface area contributed by atoms with Gasteiger partial charge in [0.15, 0.2) is 0 Å². The number of nitrogens with one attached hydrogen (secondary N) is 1. The van der Waals surface area contributed by atoms with E-state index in [1.165, 1.54) is 0 Å². The van der Waals surface area contributed by atoms with Crippen LogP contribution < -0.4 is 5.32 Å². The highest BCUT2D eigenvalue weighted by atomic mass is 16.5. The van der Waals surface area contributed by atoms with Gasteiger partial charge in [-0.2, -0.15) is 0 Å². The number of aliphatic hydroxyl groups excluding tert-OH is 2. The molecule has 3 N–H and O–H groups in total. The van der Waals surface area contributed by atoms with Crippen LogP contribution in [0.15, 0.2) is 0 Å². The molecule has 4 nitrogen and oxygen atoms in total. The van der Waals surface area contributed by atoms with E-state index in [1.54, 1.807) is 0 Å². The van der Waals surface area contributed by atoms with Crippen LogP contribution in [0.3, 0.4) is 0 Å². The number of hydrogen-bond donors (Lipinski definition) is 3. The van der Waals surface area contributed by atoms with Crippen molar-refractivity contribution in [2.75, 3.05) is 26.8 Å². The molecular weight excluding hydrogens is 146 g/mol. The molecule has 0 bridgehead atoms. The van der Waals surface area contributed by atoms with Gasteiger partial charge in [-0.1, -0.05) is 0 Å². The average Bonchev–Trinajstić information content (AvgIpc) is 2.01. The zero-order valence-electron chi connectivity index (χ0n) is 7.08. The highest BCUT2D eigenvalue weighted by Gasteiger charge is 2.05. The van der Waals surface area contributed by atoms with Gasteiger partial charge in [-0.15, -0.1) is 0 Å². The minimum absolute atomic E-state index is 0.0706. The van der Waals surface area contributed by atoms with Gasteiger partial charge < -0.3 is 20.3 Å². The SMILES string of the molecule is CNCC(C)OCC(O)CO. The third-order valence-electron chi connectivity index (χ3n) is 1.28. The van der Waals surface area contributed by atoms with Crippen LogP contribution in [0.25, 0.3) is 0 Å². The molecule has 0 saturated heterocycles. The predicted molar refractivity (Wildman–Crippen MR) is 42.4 cm³/mol. The van der Waals surface area contributed by atoms with Crippen molar-refractivity contribution < 1.29 is 14.9 Å². The van der Waals surface area contributed by atoms with Crippen LogP contribution in [-0.2, 0) is 4.74 Å². The molecule has 68 valence electrons. The number of likely N-dealkylation sites (N-methyl/N-ethyl adjacent to an activating group) is 1. The fourth-order valence-electron chi connectivity index (χ4n) is 0.674. The Balaban J connectivity index is 3.22. The number of ether oxygens (including phenoxy) is 1. The average molecular weight is 163 g/mol. The minimum Gasteiger partial charge on any atom is -0.394 e. The number of rotatable bonds is 6. The number of aliphatic hydroxyl groups is 2. The molecule has 0 aromatic heterocycles. The van der Waals surface area contributed by atoms with Crippen molar-refractivity contribution in [1.82, 2.24) is 5.32 Å². The Labute approximate surface area is 67.2 Å². The summed E-state index contributed by atoms with van der Waals surface area (Å²) in [5.74, 6) is 0. The first-order chi connectivity index (χ1) is 5.20. The van der Waals surface area contributed by atoms with E-state index in [4.69, 9.17) is 14.9 Å². The highest BCUT2D eigenvalue weighted by Crippen LogP contribution is 1.90. The summed E-state index contributed by atoms with van der Waals surface area (Å²) in [6, 6.07) is 0. The second-order valence-electron chi connectivity index (χ2n) is 2.54. The van der Waals surface area contributed by atoms with Gasteiger partial charge in [0, 0.05) is 6.54 Å². The van der Waals surface area contributed by atoms with Gasteiger partial charge in [-0.25, -0.2) is 0 Å². The predicted octanol–water partition coefficient (Wildman–Crippen LogP) is -1.04. The standard InChI is InChI=1S/C7H17NO3/c1-6(3-8-2)11-5-7(10)4-9/h6-10H,3-5H2,1-2H3. The fraction of sp³-hybridized carbons (Fsp3) is 1.00. The second-order valence-corrected chi connectivity index (χ2v) is 2.54. The van der Waals surface area contributed by atoms with Crippen LogP contribution >= 0.6 is 0 Å². The van der Waals surface area contributed by atoms with E-state index in [0.29, 0.717) is 0 Å². The summed E-state index contributed by atoms with van der Waals surface area (Å²) < 4.78 is 5.16. The molecule has 0 spiro atoms. The Morgan fingerprint density at radius 1 is 1.55 bits per heavy atom. The summed E-state index contributed by atoms with van der Waals surface area (Å²) in [4.78, 5) is 0. The lowest BCUT2D eigenvalue weighted by atomic mass is 10.4. The van der Waals surface area contributed by atoms with E-state index in [9.17, 15) is 0 Å². The first-order valence-corrected chi connectivity index (χ1v) is 3.75. The van der Waals surface area contributed by atoms with Gasteiger partial charge in [0.25, 0.3) is 0 Å². The molecule has 0 fully saturated rings. The van der Waals surface area contributed by atoms with Crippen LogP contribution in [0.1, 0.15) is 6.92 Å². The van der Waals surface area contributed by atoms with E-state index in [0.717, 1.165) is 6.54 Å². The van der Waals surface area contributed by atoms with E-state index < -0.39 is 6.10 Å². The normalized spacial score (nSPS) is 16.4. The molecule has 0 aliphatic heterocycles. The molecule has 0 aliphatic rings. The summed E-state index contributed by atoms with van der Waals surface area (Å²) in [5.41, 5.74) is 0. The second kappa shape index (κ2) is 6.54. The lowest BCUT2D eigenvalue weighted by Crippen LogP contribution is -2.28. The maximum Gasteiger partial charge on any atom is 0.100 e. The fourth-order valence-corrected chi connectivity index (χ4v) is 0.674. The van der Waals surface area contributed by atoms with E-state index in [1.807, 2.05) is 14.0 Å². The Kier molecular flexibility index (Phi) is 6.45. The van der Waals surface area contributed by atoms with Gasteiger partial charge >= 0.3 is 0 Å². The zero-order valence-corrected chi connectivity index (χ0v) is 7.08. The minimum atomic E-state index is -0.755. The monoisotopic (exact) mass is 163 g/mol. The van der Waals surface area contributed by atoms with E-state index in [2.05, 4.69) is 5.32 Å². The zero-order chi connectivity index (χ0) is 8.69. The molecular formula is C7H17NO3. The third kappa shape index (κ3) is 6.25. The molecule has 0 heterocycles. The van der Waals surface area contributed by atoms with Crippen LogP contribution in [0.5, 0.6) is 0 Å². The lowest BCUT2D eigenvalue weighted by Gasteiger charge is -2.14. The molecule has 0 aromatic rings. The van der Waals surface area contributed by atoms with Crippen LogP contribution in [-0.4, -0.2) is 49.2 Å². The summed E-state index contributed by atoms with van der Waals surface area (Å²) in [6.45, 7) is 2.60. The van der Waals surface area contributed by atoms with E-state index in [-0.39, 0.29) is 19.3 Å². The van der Waals surface area contributed by atoms with Crippen LogP contribution in [0.4, 0.5) is 0 Å². The van der Waals surface area contributed by atoms with Crippen molar-refractivity contribution in [1.29, 1.82) is 0 Å². The quantitative estimate of drug-likeness (QED) is 0.468. The van der Waals surface area contributed by atoms with Crippen molar-refractivity contribution in [2.24, 2.45) is 0 Å². The van der Waals surface area contributed by atoms with Crippen molar-refractivity contribution in [3.8, 4) is 0 Å². The Bertz CT molecular complexity index is 89.8. The Hall–Kier alpha value is -0.160. The maximum atomic E-state index is 8.88. The maximum absolute atomic E-state index is 8.88. The molecule has 0 rings (SSSR count). The van der Waals surface area contributed by atoms with Crippen molar-refractivity contribution in [3.63, 3.8) is 0 Å². The van der Waals surface area contributed by atoms with Gasteiger partial charge in [-0.3, -0.25) is 0 Å². The van der Waals surface area contributed by atoms with Gasteiger partial charge in [0.2, 0.25) is 0 Å². The van der Waals surface area contributed by atoms with Crippen molar-refractivity contribution in [3.05, 3.63) is 0 Å². The third-order valence-corrected chi connectivity index (χ3v) is 1.28. The van der Waals surface area contributed by atoms with Crippen LogP contribution in [0, 0.1) is 0 Å². The van der Waals surface area contributed by atoms with Gasteiger partial charge in [0.1, 0.15) is 6.10 Å². The molecule has 0 radical (unpaired) electrons. The summed E-state index contributed by atoms with van der Waals surface area (Å²) >= 11 is 0. The Morgan fingerprint density at radius 2 is 2.18 bits per heavy atom. The summed E-state index contributed by atoms with van der Waals surface area (Å²) in [6.07, 6.45) is -0.685. The molecule has 11 heavy (non-hydrogen) atoms. The van der Waals surface area contributed by atoms with Crippen LogP contribution in [0.2, 0.25) is 0 Å². The first-order valence-electron chi connectivity index (χ1n) is 3.75. The molecule has 0 saturated carbocycles. The molecule has 4 heteroatoms. The lowest BCUT2D eigenvalue weighted by molar-refractivity contribution is -0.0213. The summed E-state index contributed by atoms with van der Waals surface area (Å²) in [7, 11) is 1.84. The number of hydrogen-bond acceptors (Lipinski definition) is 4. The van der Waals surface area contributed by atoms with E-state index >= 15 is 0 Å². The Morgan fingerprint density at radius 3 is 2.64 bits per heavy atom. The molecule has 2 atom stereocenters. The van der Waals surface area contributed by atoms with Gasteiger partial charge in [-0.05, 0) is 14.0 Å². The largest absolute Gasteiger partial charge is 0.394 e. The molecule has 0 amide bonds. The molecule has 2 unspecified atom stereocenters. The smallest absolute Gasteiger partial charge is 0.100 e. The summed E-state index contributed by atoms with van der Waals surface area (Å²) in [5, 5.41) is 20.3. The molecule has 0 aliphatic carbocycles. The topological polar surface area (TPSA) is 61.7 Å². The first kappa shape index (κ1) is 10.8. The van der Waals surface area contributed by atoms with Crippen molar-refractivity contribution in [2.45, 2.75) is 19.1 Å². The highest BCUT2D eigenvalue weighted by molar-refractivity contribution is 4.55. The molecule has 0 aromatic carbocycles. The van der Waals surface area contributed by atoms with Gasteiger partial charge in [0.05, 0.1) is 19.3 Å². The van der Waals surface area contributed by atoms with Crippen molar-refractivity contribution >= 4 is 0 Å².